The average Bonchev–Trinajstić information content (AvgIpc) is 3.14. The molecule has 0 saturated carbocycles. The summed E-state index contributed by atoms with van der Waals surface area (Å²) in [4.78, 5) is 23.6. The molecule has 0 aliphatic carbocycles. The van der Waals surface area contributed by atoms with E-state index in [2.05, 4.69) is 4.74 Å². The number of thiophene rings is 1. The van der Waals surface area contributed by atoms with Gasteiger partial charge in [-0.3, -0.25) is 9.10 Å². The molecule has 25 heavy (non-hydrogen) atoms. The van der Waals surface area contributed by atoms with Gasteiger partial charge in [0.05, 0.1) is 25.0 Å². The van der Waals surface area contributed by atoms with Crippen molar-refractivity contribution in [3.8, 4) is 0 Å². The Balaban J connectivity index is 2.48. The number of methoxy groups -OCH3 is 1. The maximum Gasteiger partial charge on any atom is 0.337 e. The van der Waals surface area contributed by atoms with Crippen molar-refractivity contribution in [2.75, 3.05) is 24.6 Å². The van der Waals surface area contributed by atoms with Gasteiger partial charge >= 0.3 is 11.9 Å². The molecule has 0 bridgehead atoms. The largest absolute Gasteiger partial charge is 0.465 e. The van der Waals surface area contributed by atoms with Crippen molar-refractivity contribution in [2.45, 2.75) is 11.1 Å². The van der Waals surface area contributed by atoms with Crippen LogP contribution in [0.3, 0.4) is 0 Å². The van der Waals surface area contributed by atoms with Crippen LogP contribution < -0.4 is 4.31 Å². The maximum atomic E-state index is 12.9. The van der Waals surface area contributed by atoms with Crippen LogP contribution in [0, 0.1) is 0 Å². The molecule has 7 nitrogen and oxygen atoms in total. The summed E-state index contributed by atoms with van der Waals surface area (Å²) in [5, 5.41) is 1.63. The summed E-state index contributed by atoms with van der Waals surface area (Å²) in [6, 6.07) is 8.92. The van der Waals surface area contributed by atoms with Gasteiger partial charge in [0.25, 0.3) is 10.0 Å². The Kier molecular flexibility index (Phi) is 6.16. The average molecular weight is 383 g/mol. The molecule has 2 rings (SSSR count). The first-order chi connectivity index (χ1) is 11.9. The lowest BCUT2D eigenvalue weighted by Crippen LogP contribution is -2.36. The Morgan fingerprint density at radius 3 is 2.56 bits per heavy atom. The summed E-state index contributed by atoms with van der Waals surface area (Å²) in [6.45, 7) is 1.26. The molecule has 0 N–H and O–H groups in total. The molecule has 2 aromatic rings. The number of sulfonamides is 1. The number of benzene rings is 1. The van der Waals surface area contributed by atoms with Crippen molar-refractivity contribution >= 4 is 39.0 Å². The van der Waals surface area contributed by atoms with Crippen LogP contribution in [0.15, 0.2) is 46.0 Å². The minimum Gasteiger partial charge on any atom is -0.465 e. The summed E-state index contributed by atoms with van der Waals surface area (Å²) < 4.78 is 36.3. The summed E-state index contributed by atoms with van der Waals surface area (Å²) >= 11 is 1.03. The Morgan fingerprint density at radius 2 is 1.96 bits per heavy atom. The fourth-order valence-electron chi connectivity index (χ4n) is 2.06. The van der Waals surface area contributed by atoms with Crippen molar-refractivity contribution < 1.29 is 27.5 Å². The molecule has 0 radical (unpaired) electrons. The summed E-state index contributed by atoms with van der Waals surface area (Å²) in [5.41, 5.74) is 0.347. The third-order valence-electron chi connectivity index (χ3n) is 3.17. The molecule has 1 heterocycles. The van der Waals surface area contributed by atoms with E-state index in [0.717, 1.165) is 15.6 Å². The second-order valence-corrected chi connectivity index (χ2v) is 7.83. The number of hydrogen-bond donors (Lipinski definition) is 0. The van der Waals surface area contributed by atoms with Gasteiger partial charge in [-0.1, -0.05) is 12.1 Å². The predicted molar refractivity (Wildman–Crippen MR) is 93.3 cm³/mol. The minimum atomic E-state index is -3.97. The second-order valence-electron chi connectivity index (χ2n) is 4.79. The van der Waals surface area contributed by atoms with Crippen molar-refractivity contribution in [1.29, 1.82) is 0 Å². The molecule has 0 saturated heterocycles. The van der Waals surface area contributed by atoms with E-state index in [9.17, 15) is 18.0 Å². The quantitative estimate of drug-likeness (QED) is 0.682. The van der Waals surface area contributed by atoms with Gasteiger partial charge in [-0.05, 0) is 36.6 Å². The van der Waals surface area contributed by atoms with Gasteiger partial charge in [-0.15, -0.1) is 11.3 Å². The Hall–Kier alpha value is -2.39. The smallest absolute Gasteiger partial charge is 0.337 e. The van der Waals surface area contributed by atoms with E-state index in [4.69, 9.17) is 4.74 Å². The van der Waals surface area contributed by atoms with E-state index in [0.29, 0.717) is 0 Å². The van der Waals surface area contributed by atoms with Crippen LogP contribution in [0.5, 0.6) is 0 Å². The van der Waals surface area contributed by atoms with Crippen LogP contribution in [-0.2, 0) is 24.3 Å². The number of hydrogen-bond acceptors (Lipinski definition) is 7. The Labute approximate surface area is 149 Å². The zero-order valence-electron chi connectivity index (χ0n) is 13.7. The molecule has 0 amide bonds. The molecule has 0 spiro atoms. The van der Waals surface area contributed by atoms with E-state index < -0.39 is 28.5 Å². The van der Waals surface area contributed by atoms with Gasteiger partial charge in [-0.2, -0.15) is 0 Å². The topological polar surface area (TPSA) is 90.0 Å². The highest BCUT2D eigenvalue weighted by Crippen LogP contribution is 2.27. The number of carbonyl (C=O) groups is 2. The van der Waals surface area contributed by atoms with Gasteiger partial charge in [0.2, 0.25) is 0 Å². The fraction of sp³-hybridized carbons (Fsp3) is 0.250. The number of anilines is 1. The third-order valence-corrected chi connectivity index (χ3v) is 6.32. The first kappa shape index (κ1) is 18.9. The van der Waals surface area contributed by atoms with E-state index >= 15 is 0 Å². The molecule has 1 aromatic carbocycles. The zero-order chi connectivity index (χ0) is 18.4. The molecule has 0 unspecified atom stereocenters. The summed E-state index contributed by atoms with van der Waals surface area (Å²) in [7, 11) is -2.74. The molecule has 134 valence electrons. The number of ether oxygens (including phenoxy) is 2. The Bertz CT molecular complexity index is 845. The van der Waals surface area contributed by atoms with Crippen molar-refractivity contribution in [2.24, 2.45) is 0 Å². The minimum absolute atomic E-state index is 0.0836. The highest BCUT2D eigenvalue weighted by atomic mass is 32.2. The van der Waals surface area contributed by atoms with Crippen LogP contribution in [0.2, 0.25) is 0 Å². The molecule has 0 fully saturated rings. The van der Waals surface area contributed by atoms with E-state index in [-0.39, 0.29) is 22.1 Å². The normalized spacial score (nSPS) is 11.0. The van der Waals surface area contributed by atoms with Crippen LogP contribution >= 0.6 is 11.3 Å². The highest BCUT2D eigenvalue weighted by Gasteiger charge is 2.29. The molecule has 0 atom stereocenters. The molecule has 9 heteroatoms. The van der Waals surface area contributed by atoms with Gasteiger partial charge < -0.3 is 9.47 Å². The fourth-order valence-corrected chi connectivity index (χ4v) is 4.57. The molecular weight excluding hydrogens is 366 g/mol. The van der Waals surface area contributed by atoms with Crippen molar-refractivity contribution in [3.05, 3.63) is 47.3 Å². The number of nitrogens with zero attached hydrogens (tertiary/aromatic N) is 1. The number of esters is 2. The molecule has 0 aliphatic rings. The predicted octanol–water partition coefficient (Wildman–Crippen LogP) is 2.29. The highest BCUT2D eigenvalue weighted by molar-refractivity contribution is 7.94. The molecular formula is C16H17NO6S2. The number of rotatable bonds is 7. The lowest BCUT2D eigenvalue weighted by Gasteiger charge is -2.23. The third kappa shape index (κ3) is 4.37. The Morgan fingerprint density at radius 1 is 1.20 bits per heavy atom. The first-order valence-electron chi connectivity index (χ1n) is 7.30. The van der Waals surface area contributed by atoms with Crippen LogP contribution in [0.4, 0.5) is 5.69 Å². The number of carbonyl (C=O) groups excluding carboxylic acids is 2. The van der Waals surface area contributed by atoms with E-state index in [1.54, 1.807) is 18.4 Å². The SMILES string of the molecule is CCOC(=O)CN(c1cccc(C(=O)OC)c1)S(=O)(=O)c1cccs1. The van der Waals surface area contributed by atoms with Gasteiger partial charge in [0, 0.05) is 0 Å². The van der Waals surface area contributed by atoms with Crippen LogP contribution in [-0.4, -0.2) is 40.6 Å². The van der Waals surface area contributed by atoms with Gasteiger partial charge in [0.15, 0.2) is 0 Å². The van der Waals surface area contributed by atoms with E-state index in [1.165, 1.54) is 37.4 Å². The summed E-state index contributed by atoms with van der Waals surface area (Å²) in [5.74, 6) is -1.29. The monoisotopic (exact) mass is 383 g/mol. The lowest BCUT2D eigenvalue weighted by molar-refractivity contribution is -0.141. The first-order valence-corrected chi connectivity index (χ1v) is 9.62. The van der Waals surface area contributed by atoms with Crippen LogP contribution in [0.1, 0.15) is 17.3 Å². The zero-order valence-corrected chi connectivity index (χ0v) is 15.3. The maximum absolute atomic E-state index is 12.9. The van der Waals surface area contributed by atoms with E-state index in [1.807, 2.05) is 0 Å². The second kappa shape index (κ2) is 8.13. The van der Waals surface area contributed by atoms with Crippen LogP contribution in [0.25, 0.3) is 0 Å². The van der Waals surface area contributed by atoms with Gasteiger partial charge in [0.1, 0.15) is 10.8 Å². The summed E-state index contributed by atoms with van der Waals surface area (Å²) in [6.07, 6.45) is 0. The molecule has 0 aliphatic heterocycles. The van der Waals surface area contributed by atoms with Crippen molar-refractivity contribution in [3.63, 3.8) is 0 Å². The standard InChI is InChI=1S/C16H17NO6S2/c1-3-23-14(18)11-17(25(20,21)15-8-5-9-24-15)13-7-4-6-12(10-13)16(19)22-2/h4-10H,3,11H2,1-2H3. The molecule has 1 aromatic heterocycles. The van der Waals surface area contributed by atoms with Gasteiger partial charge in [-0.25, -0.2) is 13.2 Å². The van der Waals surface area contributed by atoms with Crippen molar-refractivity contribution in [1.82, 2.24) is 0 Å². The lowest BCUT2D eigenvalue weighted by atomic mass is 10.2.